The van der Waals surface area contributed by atoms with Crippen molar-refractivity contribution >= 4 is 31.6 Å². The third kappa shape index (κ3) is 6.26. The van der Waals surface area contributed by atoms with E-state index in [-0.39, 0.29) is 0 Å². The van der Waals surface area contributed by atoms with Gasteiger partial charge in [-0.25, -0.2) is 0 Å². The molecule has 0 aliphatic heterocycles. The summed E-state index contributed by atoms with van der Waals surface area (Å²) in [5.41, 5.74) is 0. The summed E-state index contributed by atoms with van der Waals surface area (Å²) in [5, 5.41) is 0. The second-order valence-corrected chi connectivity index (χ2v) is 32.1. The Morgan fingerprint density at radius 1 is 1.18 bits per heavy atom. The fraction of sp³-hybridized carbons (Fsp3) is 0.778. The zero-order chi connectivity index (χ0) is 9.28. The van der Waals surface area contributed by atoms with E-state index in [0.29, 0.717) is 0 Å². The third-order valence-electron chi connectivity index (χ3n) is 1.80. The molecule has 0 aromatic carbocycles. The summed E-state index contributed by atoms with van der Waals surface area (Å²) in [6.07, 6.45) is 0. The zero-order valence-corrected chi connectivity index (χ0v) is 13.9. The molecule has 0 spiro atoms. The standard InChI is InChI=1S/C6H13Ge.3CH3.Sn/c1-6(2)7(3,4)5;;;;/h1-2H2,3-5H3;3*1H3;. The predicted molar refractivity (Wildman–Crippen MR) is 60.6 cm³/mol. The first-order chi connectivity index (χ1) is 4.63. The van der Waals surface area contributed by atoms with Gasteiger partial charge in [-0.15, -0.1) is 0 Å². The summed E-state index contributed by atoms with van der Waals surface area (Å²) >= 11 is -3.03. The first-order valence-corrected chi connectivity index (χ1v) is 22.2. The van der Waals surface area contributed by atoms with Gasteiger partial charge in [0.1, 0.15) is 0 Å². The molecule has 0 aromatic heterocycles. The van der Waals surface area contributed by atoms with Gasteiger partial charge in [0.25, 0.3) is 0 Å². The van der Waals surface area contributed by atoms with Gasteiger partial charge in [-0.2, -0.15) is 0 Å². The molecule has 0 heterocycles. The van der Waals surface area contributed by atoms with Crippen LogP contribution in [-0.4, -0.2) is 31.6 Å². The summed E-state index contributed by atoms with van der Waals surface area (Å²) in [7, 11) is 0. The molecule has 0 unspecified atom stereocenters. The van der Waals surface area contributed by atoms with Crippen molar-refractivity contribution in [2.24, 2.45) is 0 Å². The van der Waals surface area contributed by atoms with Crippen LogP contribution in [0.2, 0.25) is 36.5 Å². The zero-order valence-electron chi connectivity index (χ0n) is 8.91. The molecule has 0 aliphatic rings. The molecule has 0 nitrogen and oxygen atoms in total. The fourth-order valence-electron chi connectivity index (χ4n) is 0.905. The van der Waals surface area contributed by atoms with Crippen molar-refractivity contribution in [1.29, 1.82) is 0 Å². The third-order valence-corrected chi connectivity index (χ3v) is 13.0. The second kappa shape index (κ2) is 3.86. The molecular weight excluding hydrogens is 299 g/mol. The van der Waals surface area contributed by atoms with Crippen LogP contribution in [0.5, 0.6) is 0 Å². The molecule has 11 heavy (non-hydrogen) atoms. The van der Waals surface area contributed by atoms with Crippen LogP contribution < -0.4 is 0 Å². The molecule has 0 amide bonds. The molecule has 0 radical (unpaired) electrons. The van der Waals surface area contributed by atoms with Crippen LogP contribution in [0.4, 0.5) is 0 Å². The summed E-state index contributed by atoms with van der Waals surface area (Å²) in [6, 6.07) is 0. The summed E-state index contributed by atoms with van der Waals surface area (Å²) in [4.78, 5) is 7.48. The van der Waals surface area contributed by atoms with E-state index in [4.69, 9.17) is 0 Å². The number of rotatable bonds is 3. The Labute approximate surface area is 78.7 Å². The number of hydrogen-bond acceptors (Lipinski definition) is 0. The Kier molecular flexibility index (Phi) is 4.24. The van der Waals surface area contributed by atoms with Crippen LogP contribution >= 0.6 is 0 Å². The maximum absolute atomic E-state index is 4.25. The van der Waals surface area contributed by atoms with Gasteiger partial charge >= 0.3 is 79.2 Å². The Morgan fingerprint density at radius 2 is 1.55 bits per heavy atom. The van der Waals surface area contributed by atoms with Crippen LogP contribution in [0.15, 0.2) is 11.0 Å². The average molecular weight is 322 g/mol. The molecule has 0 saturated heterocycles. The van der Waals surface area contributed by atoms with Gasteiger partial charge in [0.2, 0.25) is 0 Å². The van der Waals surface area contributed by atoms with Crippen molar-refractivity contribution in [3.8, 4) is 0 Å². The van der Waals surface area contributed by atoms with E-state index >= 15 is 0 Å². The molecule has 66 valence electrons. The van der Waals surface area contributed by atoms with E-state index in [0.717, 1.165) is 0 Å². The first kappa shape index (κ1) is 12.1. The Morgan fingerprint density at radius 3 is 1.64 bits per heavy atom. The molecule has 0 N–H and O–H groups in total. The van der Waals surface area contributed by atoms with Crippen molar-refractivity contribution in [3.05, 3.63) is 11.0 Å². The van der Waals surface area contributed by atoms with Gasteiger partial charge in [0.05, 0.1) is 0 Å². The second-order valence-electron chi connectivity index (χ2n) is 5.59. The van der Waals surface area contributed by atoms with Gasteiger partial charge in [-0.3, -0.25) is 0 Å². The topological polar surface area (TPSA) is 0 Å². The maximum atomic E-state index is 4.25. The quantitative estimate of drug-likeness (QED) is 0.694. The van der Waals surface area contributed by atoms with Crippen molar-refractivity contribution in [2.45, 2.75) is 36.5 Å². The summed E-state index contributed by atoms with van der Waals surface area (Å²) < 4.78 is 3.05. The minimum absolute atomic E-state index is 1.41. The minimum atomic E-state index is -1.55. The summed E-state index contributed by atoms with van der Waals surface area (Å²) in [6.45, 7) is 4.25. The van der Waals surface area contributed by atoms with Crippen molar-refractivity contribution < 1.29 is 0 Å². The monoisotopic (exact) mass is 324 g/mol. The van der Waals surface area contributed by atoms with Crippen molar-refractivity contribution in [1.82, 2.24) is 0 Å². The van der Waals surface area contributed by atoms with Crippen molar-refractivity contribution in [3.63, 3.8) is 0 Å². The molecule has 0 fully saturated rings. The van der Waals surface area contributed by atoms with Crippen LogP contribution in [0.25, 0.3) is 0 Å². The predicted octanol–water partition coefficient (Wildman–Crippen LogP) is 3.76. The van der Waals surface area contributed by atoms with Gasteiger partial charge in [-0.05, 0) is 0 Å². The molecule has 2 heteroatoms. The van der Waals surface area contributed by atoms with Crippen LogP contribution in [0.1, 0.15) is 0 Å². The van der Waals surface area contributed by atoms with E-state index in [1.807, 2.05) is 0 Å². The van der Waals surface area contributed by atoms with E-state index in [9.17, 15) is 0 Å². The number of hydrogen-bond donors (Lipinski definition) is 0. The Hall–Kier alpha value is 1.08. The van der Waals surface area contributed by atoms with Gasteiger partial charge in [-0.1, -0.05) is 0 Å². The number of allylic oxidation sites excluding steroid dienone is 1. The van der Waals surface area contributed by atoms with Crippen LogP contribution in [-0.2, 0) is 0 Å². The SMILES string of the molecule is C=[C]([CH2][Sn]([CH3])([CH3])[CH3])[Ge]([CH3])([CH3])[CH3]. The average Bonchev–Trinajstić information content (AvgIpc) is 1.56. The fourth-order valence-corrected chi connectivity index (χ4v) is 21.0. The molecule has 0 bridgehead atoms. The van der Waals surface area contributed by atoms with Crippen LogP contribution in [0.3, 0.4) is 0 Å². The van der Waals surface area contributed by atoms with Crippen molar-refractivity contribution in [2.75, 3.05) is 0 Å². The molecule has 0 aliphatic carbocycles. The molecule has 0 saturated carbocycles. The van der Waals surface area contributed by atoms with E-state index in [2.05, 4.69) is 38.7 Å². The van der Waals surface area contributed by atoms with E-state index < -0.39 is 31.6 Å². The van der Waals surface area contributed by atoms with Gasteiger partial charge in [0, 0.05) is 0 Å². The molecule has 0 atom stereocenters. The first-order valence-electron chi connectivity index (χ1n) is 4.31. The van der Waals surface area contributed by atoms with E-state index in [1.54, 1.807) is 4.41 Å². The summed E-state index contributed by atoms with van der Waals surface area (Å²) in [5.74, 6) is 7.33. The molecular formula is C9H22GeSn. The van der Waals surface area contributed by atoms with Gasteiger partial charge < -0.3 is 0 Å². The molecule has 0 aromatic rings. The normalized spacial score (nSPS) is 13.3. The Bertz CT molecular complexity index is 148. The van der Waals surface area contributed by atoms with Crippen LogP contribution in [0, 0.1) is 0 Å². The molecule has 0 rings (SSSR count). The van der Waals surface area contributed by atoms with Gasteiger partial charge in [0.15, 0.2) is 0 Å². The van der Waals surface area contributed by atoms with E-state index in [1.165, 1.54) is 4.44 Å². The Balaban J connectivity index is 4.11.